The predicted octanol–water partition coefficient (Wildman–Crippen LogP) is 5.54. The first-order valence-electron chi connectivity index (χ1n) is 10.6. The summed E-state index contributed by atoms with van der Waals surface area (Å²) in [6, 6.07) is 27.9. The fourth-order valence-electron chi connectivity index (χ4n) is 4.24. The second-order valence-electron chi connectivity index (χ2n) is 7.93. The predicted molar refractivity (Wildman–Crippen MR) is 125 cm³/mol. The SMILES string of the molecule is Cc1[nH]n(-c2ccccc2)c(=O)c1C(Cc1ccc2ccccc2n1)c1ccc(F)cc1. The number of aromatic amines is 1. The van der Waals surface area contributed by atoms with Crippen LogP contribution in [0.2, 0.25) is 0 Å². The Kier molecular flexibility index (Phi) is 5.15. The van der Waals surface area contributed by atoms with E-state index in [1.807, 2.05) is 73.7 Å². The number of nitrogens with zero attached hydrogens (tertiary/aromatic N) is 2. The molecule has 4 nitrogen and oxygen atoms in total. The Balaban J connectivity index is 1.63. The highest BCUT2D eigenvalue weighted by molar-refractivity contribution is 5.78. The van der Waals surface area contributed by atoms with Crippen LogP contribution in [0.5, 0.6) is 0 Å². The molecular weight excluding hydrogens is 401 g/mol. The number of pyridine rings is 1. The fourth-order valence-corrected chi connectivity index (χ4v) is 4.24. The van der Waals surface area contributed by atoms with Gasteiger partial charge in [-0.1, -0.05) is 54.6 Å². The zero-order chi connectivity index (χ0) is 22.1. The first-order valence-corrected chi connectivity index (χ1v) is 10.6. The van der Waals surface area contributed by atoms with E-state index in [9.17, 15) is 9.18 Å². The molecule has 1 atom stereocenters. The summed E-state index contributed by atoms with van der Waals surface area (Å²) in [4.78, 5) is 18.3. The average Bonchev–Trinajstić information content (AvgIpc) is 3.12. The second kappa shape index (κ2) is 8.27. The molecule has 0 aliphatic carbocycles. The minimum atomic E-state index is -0.302. The fraction of sp³-hybridized carbons (Fsp3) is 0.111. The van der Waals surface area contributed by atoms with Gasteiger partial charge in [-0.2, -0.15) is 0 Å². The highest BCUT2D eigenvalue weighted by Gasteiger charge is 2.24. The normalized spacial score (nSPS) is 12.2. The maximum Gasteiger partial charge on any atom is 0.275 e. The lowest BCUT2D eigenvalue weighted by atomic mass is 9.87. The molecule has 0 bridgehead atoms. The van der Waals surface area contributed by atoms with Crippen molar-refractivity contribution in [3.63, 3.8) is 0 Å². The first-order chi connectivity index (χ1) is 15.6. The average molecular weight is 423 g/mol. The molecule has 0 radical (unpaired) electrons. The van der Waals surface area contributed by atoms with Gasteiger partial charge in [-0.05, 0) is 48.9 Å². The molecular formula is C27H22FN3O. The van der Waals surface area contributed by atoms with E-state index >= 15 is 0 Å². The summed E-state index contributed by atoms with van der Waals surface area (Å²) in [6.45, 7) is 1.90. The van der Waals surface area contributed by atoms with Gasteiger partial charge in [0.1, 0.15) is 5.82 Å². The van der Waals surface area contributed by atoms with Crippen LogP contribution in [0, 0.1) is 12.7 Å². The van der Waals surface area contributed by atoms with E-state index in [1.165, 1.54) is 12.1 Å². The van der Waals surface area contributed by atoms with Crippen molar-refractivity contribution in [2.75, 3.05) is 0 Å². The summed E-state index contributed by atoms with van der Waals surface area (Å²) in [5.74, 6) is -0.568. The molecule has 0 fully saturated rings. The number of benzene rings is 3. The Hall–Kier alpha value is -3.99. The Labute approximate surface area is 185 Å². The number of rotatable bonds is 5. The molecule has 0 spiro atoms. The molecule has 32 heavy (non-hydrogen) atoms. The van der Waals surface area contributed by atoms with Crippen molar-refractivity contribution in [2.45, 2.75) is 19.3 Å². The monoisotopic (exact) mass is 423 g/mol. The standard InChI is InChI=1S/C27H22FN3O/c1-18-26(27(32)31(30-18)23-8-3-2-4-9-23)24(19-11-14-21(28)15-12-19)17-22-16-13-20-7-5-6-10-25(20)29-22/h2-16,24,30H,17H2,1H3. The highest BCUT2D eigenvalue weighted by atomic mass is 19.1. The van der Waals surface area contributed by atoms with Crippen LogP contribution >= 0.6 is 0 Å². The van der Waals surface area contributed by atoms with E-state index < -0.39 is 0 Å². The third kappa shape index (κ3) is 3.73. The summed E-state index contributed by atoms with van der Waals surface area (Å²) in [5.41, 5.74) is 4.78. The lowest BCUT2D eigenvalue weighted by Crippen LogP contribution is -2.21. The molecule has 5 heteroatoms. The van der Waals surface area contributed by atoms with Gasteiger partial charge in [0.15, 0.2) is 0 Å². The quantitative estimate of drug-likeness (QED) is 0.404. The van der Waals surface area contributed by atoms with Gasteiger partial charge < -0.3 is 0 Å². The maximum atomic E-state index is 13.7. The van der Waals surface area contributed by atoms with Crippen LogP contribution in [0.4, 0.5) is 4.39 Å². The molecule has 1 unspecified atom stereocenters. The lowest BCUT2D eigenvalue weighted by Gasteiger charge is -2.17. The van der Waals surface area contributed by atoms with Crippen LogP contribution in [-0.2, 0) is 6.42 Å². The van der Waals surface area contributed by atoms with Crippen LogP contribution in [-0.4, -0.2) is 14.8 Å². The zero-order valence-corrected chi connectivity index (χ0v) is 17.6. The molecule has 3 aromatic carbocycles. The molecule has 0 saturated carbocycles. The Bertz CT molecular complexity index is 1440. The Morgan fingerprint density at radius 2 is 1.62 bits per heavy atom. The number of halogens is 1. The van der Waals surface area contributed by atoms with Gasteiger partial charge in [-0.25, -0.2) is 9.07 Å². The summed E-state index contributed by atoms with van der Waals surface area (Å²) in [7, 11) is 0. The third-order valence-electron chi connectivity index (χ3n) is 5.82. The van der Waals surface area contributed by atoms with Gasteiger partial charge >= 0.3 is 0 Å². The van der Waals surface area contributed by atoms with Crippen molar-refractivity contribution in [3.05, 3.63) is 130 Å². The van der Waals surface area contributed by atoms with Crippen molar-refractivity contribution in [3.8, 4) is 5.69 Å². The minimum absolute atomic E-state index is 0.108. The van der Waals surface area contributed by atoms with E-state index in [4.69, 9.17) is 4.98 Å². The van der Waals surface area contributed by atoms with Crippen molar-refractivity contribution in [1.29, 1.82) is 0 Å². The minimum Gasteiger partial charge on any atom is -0.295 e. The van der Waals surface area contributed by atoms with Gasteiger partial charge in [0.05, 0.1) is 11.2 Å². The summed E-state index contributed by atoms with van der Waals surface area (Å²) in [5, 5.41) is 4.28. The van der Waals surface area contributed by atoms with Crippen molar-refractivity contribution in [2.24, 2.45) is 0 Å². The number of H-pyrrole nitrogens is 1. The summed E-state index contributed by atoms with van der Waals surface area (Å²) < 4.78 is 15.2. The van der Waals surface area contributed by atoms with Crippen LogP contribution in [0.15, 0.2) is 95.8 Å². The number of hydrogen-bond donors (Lipinski definition) is 1. The van der Waals surface area contributed by atoms with Gasteiger partial charge in [-0.15, -0.1) is 0 Å². The van der Waals surface area contributed by atoms with Crippen LogP contribution in [0.3, 0.4) is 0 Å². The van der Waals surface area contributed by atoms with Gasteiger partial charge in [0.25, 0.3) is 5.56 Å². The molecule has 0 aliphatic heterocycles. The molecule has 0 aliphatic rings. The molecule has 1 N–H and O–H groups in total. The smallest absolute Gasteiger partial charge is 0.275 e. The van der Waals surface area contributed by atoms with Crippen LogP contribution in [0.25, 0.3) is 16.6 Å². The molecule has 0 amide bonds. The van der Waals surface area contributed by atoms with Crippen molar-refractivity contribution < 1.29 is 4.39 Å². The summed E-state index contributed by atoms with van der Waals surface area (Å²) in [6.07, 6.45) is 0.527. The first kappa shape index (κ1) is 19.9. The highest BCUT2D eigenvalue weighted by Crippen LogP contribution is 2.29. The maximum absolute atomic E-state index is 13.7. The van der Waals surface area contributed by atoms with E-state index in [0.717, 1.165) is 33.5 Å². The number of fused-ring (bicyclic) bond motifs is 1. The van der Waals surface area contributed by atoms with Gasteiger partial charge in [0.2, 0.25) is 0 Å². The molecule has 158 valence electrons. The van der Waals surface area contributed by atoms with E-state index in [-0.39, 0.29) is 17.3 Å². The molecule has 5 aromatic rings. The topological polar surface area (TPSA) is 50.7 Å². The third-order valence-corrected chi connectivity index (χ3v) is 5.82. The van der Waals surface area contributed by atoms with Gasteiger partial charge in [-0.3, -0.25) is 14.9 Å². The van der Waals surface area contributed by atoms with Crippen molar-refractivity contribution >= 4 is 10.9 Å². The lowest BCUT2D eigenvalue weighted by molar-refractivity contribution is 0.626. The Morgan fingerprint density at radius 3 is 2.41 bits per heavy atom. The second-order valence-corrected chi connectivity index (χ2v) is 7.93. The zero-order valence-electron chi connectivity index (χ0n) is 17.6. The number of hydrogen-bond acceptors (Lipinski definition) is 2. The van der Waals surface area contributed by atoms with Crippen LogP contribution in [0.1, 0.15) is 28.4 Å². The number of nitrogens with one attached hydrogen (secondary N) is 1. The van der Waals surface area contributed by atoms with Crippen molar-refractivity contribution in [1.82, 2.24) is 14.8 Å². The van der Waals surface area contributed by atoms with Gasteiger partial charge in [0, 0.05) is 34.7 Å². The molecule has 2 aromatic heterocycles. The van der Waals surface area contributed by atoms with E-state index in [2.05, 4.69) is 5.10 Å². The summed E-state index contributed by atoms with van der Waals surface area (Å²) >= 11 is 0. The number of para-hydroxylation sites is 2. The molecule has 2 heterocycles. The van der Waals surface area contributed by atoms with E-state index in [0.29, 0.717) is 12.0 Å². The number of aromatic nitrogens is 3. The van der Waals surface area contributed by atoms with Crippen LogP contribution < -0.4 is 5.56 Å². The number of aryl methyl sites for hydroxylation is 1. The Morgan fingerprint density at radius 1 is 0.906 bits per heavy atom. The molecule has 5 rings (SSSR count). The van der Waals surface area contributed by atoms with E-state index in [1.54, 1.807) is 16.8 Å². The largest absolute Gasteiger partial charge is 0.295 e. The molecule has 0 saturated heterocycles.